The van der Waals surface area contributed by atoms with Gasteiger partial charge < -0.3 is 4.74 Å². The second kappa shape index (κ2) is 2.38. The van der Waals surface area contributed by atoms with Crippen LogP contribution in [0.25, 0.3) is 0 Å². The van der Waals surface area contributed by atoms with E-state index in [4.69, 9.17) is 4.74 Å². The van der Waals surface area contributed by atoms with E-state index in [1.165, 1.54) is 0 Å². The Labute approximate surface area is 64.8 Å². The molecular formula is C9H7O2. The van der Waals surface area contributed by atoms with Gasteiger partial charge in [-0.15, -0.1) is 0 Å². The molecule has 55 valence electrons. The Bertz CT molecular complexity index is 291. The maximum absolute atomic E-state index is 10.8. The van der Waals surface area contributed by atoms with Crippen LogP contribution in [0.15, 0.2) is 18.2 Å². The van der Waals surface area contributed by atoms with Crippen molar-refractivity contribution in [3.05, 3.63) is 29.8 Å². The van der Waals surface area contributed by atoms with Crippen molar-refractivity contribution in [3.63, 3.8) is 0 Å². The maximum Gasteiger partial charge on any atom is 0.311 e. The summed E-state index contributed by atoms with van der Waals surface area (Å²) >= 11 is 0. The van der Waals surface area contributed by atoms with E-state index in [9.17, 15) is 4.79 Å². The van der Waals surface area contributed by atoms with Crippen LogP contribution in [0.5, 0.6) is 5.75 Å². The molecule has 1 aromatic carbocycles. The summed E-state index contributed by atoms with van der Waals surface area (Å²) in [6.07, 6.45) is 1.27. The largest absolute Gasteiger partial charge is 0.426 e. The van der Waals surface area contributed by atoms with E-state index in [0.29, 0.717) is 12.2 Å². The van der Waals surface area contributed by atoms with Crippen molar-refractivity contribution < 1.29 is 9.53 Å². The van der Waals surface area contributed by atoms with Crippen LogP contribution in [0.2, 0.25) is 0 Å². The molecule has 2 rings (SSSR count). The molecule has 0 spiro atoms. The predicted molar refractivity (Wildman–Crippen MR) is 39.2 cm³/mol. The maximum atomic E-state index is 10.8. The van der Waals surface area contributed by atoms with Crippen LogP contribution in [0.3, 0.4) is 0 Å². The van der Waals surface area contributed by atoms with Gasteiger partial charge in [-0.3, -0.25) is 4.79 Å². The summed E-state index contributed by atoms with van der Waals surface area (Å²) in [6.45, 7) is 0. The first kappa shape index (κ1) is 6.40. The molecule has 1 radical (unpaired) electrons. The highest BCUT2D eigenvalue weighted by molar-refractivity contribution is 5.75. The predicted octanol–water partition coefficient (Wildman–Crippen LogP) is 1.34. The zero-order valence-corrected chi connectivity index (χ0v) is 5.96. The third kappa shape index (κ3) is 1.11. The summed E-state index contributed by atoms with van der Waals surface area (Å²) in [5.74, 6) is 0.559. The summed E-state index contributed by atoms with van der Waals surface area (Å²) in [7, 11) is 0. The molecule has 0 aliphatic carbocycles. The number of aryl methyl sites for hydroxylation is 1. The van der Waals surface area contributed by atoms with E-state index in [2.05, 4.69) is 6.07 Å². The van der Waals surface area contributed by atoms with Crippen molar-refractivity contribution in [1.29, 1.82) is 0 Å². The molecule has 0 amide bonds. The molecule has 0 unspecified atom stereocenters. The molecule has 0 N–H and O–H groups in total. The summed E-state index contributed by atoms with van der Waals surface area (Å²) in [5.41, 5.74) is 1.08. The number of esters is 1. The molecule has 2 heteroatoms. The SMILES string of the molecule is O=C1CCc2c[c]ccc2O1. The lowest BCUT2D eigenvalue weighted by molar-refractivity contribution is -0.135. The van der Waals surface area contributed by atoms with Gasteiger partial charge in [0.05, 0.1) is 6.42 Å². The molecule has 1 aliphatic rings. The van der Waals surface area contributed by atoms with Gasteiger partial charge in [-0.05, 0) is 30.2 Å². The molecule has 1 aliphatic heterocycles. The topological polar surface area (TPSA) is 26.3 Å². The lowest BCUT2D eigenvalue weighted by atomic mass is 10.1. The minimum atomic E-state index is -0.135. The first-order chi connectivity index (χ1) is 5.36. The van der Waals surface area contributed by atoms with Gasteiger partial charge in [0.1, 0.15) is 5.75 Å². The molecule has 2 nitrogen and oxygen atoms in total. The number of hydrogen-bond donors (Lipinski definition) is 0. The van der Waals surface area contributed by atoms with Crippen molar-refractivity contribution in [2.45, 2.75) is 12.8 Å². The van der Waals surface area contributed by atoms with Crippen molar-refractivity contribution in [2.75, 3.05) is 0 Å². The molecule has 0 bridgehead atoms. The van der Waals surface area contributed by atoms with Crippen molar-refractivity contribution in [3.8, 4) is 5.75 Å². The highest BCUT2D eigenvalue weighted by Gasteiger charge is 2.15. The Morgan fingerprint density at radius 3 is 3.27 bits per heavy atom. The first-order valence-electron chi connectivity index (χ1n) is 3.56. The van der Waals surface area contributed by atoms with Gasteiger partial charge in [0.15, 0.2) is 0 Å². The van der Waals surface area contributed by atoms with Gasteiger partial charge in [-0.1, -0.05) is 6.07 Å². The van der Waals surface area contributed by atoms with Gasteiger partial charge in [-0.2, -0.15) is 0 Å². The average Bonchev–Trinajstić information content (AvgIpc) is 2.04. The van der Waals surface area contributed by atoms with E-state index in [-0.39, 0.29) is 5.97 Å². The Balaban J connectivity index is 2.41. The van der Waals surface area contributed by atoms with Gasteiger partial charge in [-0.25, -0.2) is 0 Å². The van der Waals surface area contributed by atoms with E-state index in [1.54, 1.807) is 12.1 Å². The van der Waals surface area contributed by atoms with Crippen LogP contribution in [0, 0.1) is 6.07 Å². The molecule has 1 heterocycles. The lowest BCUT2D eigenvalue weighted by Crippen LogP contribution is -2.15. The highest BCUT2D eigenvalue weighted by atomic mass is 16.5. The highest BCUT2D eigenvalue weighted by Crippen LogP contribution is 2.23. The first-order valence-corrected chi connectivity index (χ1v) is 3.56. The molecular weight excluding hydrogens is 140 g/mol. The van der Waals surface area contributed by atoms with Crippen molar-refractivity contribution in [2.24, 2.45) is 0 Å². The molecule has 0 aromatic heterocycles. The van der Waals surface area contributed by atoms with Gasteiger partial charge in [0.2, 0.25) is 0 Å². The number of fused-ring (bicyclic) bond motifs is 1. The van der Waals surface area contributed by atoms with Crippen molar-refractivity contribution in [1.82, 2.24) is 0 Å². The van der Waals surface area contributed by atoms with Crippen LogP contribution < -0.4 is 4.74 Å². The summed E-state index contributed by atoms with van der Waals surface area (Å²) in [6, 6.07) is 8.32. The zero-order chi connectivity index (χ0) is 7.68. The van der Waals surface area contributed by atoms with E-state index >= 15 is 0 Å². The Morgan fingerprint density at radius 1 is 1.45 bits per heavy atom. The second-order valence-electron chi connectivity index (χ2n) is 2.51. The van der Waals surface area contributed by atoms with E-state index < -0.39 is 0 Å². The van der Waals surface area contributed by atoms with Crippen LogP contribution >= 0.6 is 0 Å². The van der Waals surface area contributed by atoms with E-state index in [1.807, 2.05) is 6.07 Å². The van der Waals surface area contributed by atoms with Crippen LogP contribution in [-0.2, 0) is 11.2 Å². The Morgan fingerprint density at radius 2 is 2.36 bits per heavy atom. The van der Waals surface area contributed by atoms with Gasteiger partial charge in [0, 0.05) is 0 Å². The summed E-state index contributed by atoms with van der Waals surface area (Å²) < 4.78 is 4.97. The summed E-state index contributed by atoms with van der Waals surface area (Å²) in [5, 5.41) is 0. The standard InChI is InChI=1S/C9H7O2/c10-9-6-5-7-3-1-2-4-8(7)11-9/h2-4H,5-6H2. The van der Waals surface area contributed by atoms with Gasteiger partial charge >= 0.3 is 5.97 Å². The minimum Gasteiger partial charge on any atom is -0.426 e. The molecule has 0 saturated heterocycles. The molecule has 1 aromatic rings. The molecule has 11 heavy (non-hydrogen) atoms. The number of rotatable bonds is 0. The average molecular weight is 147 g/mol. The van der Waals surface area contributed by atoms with Crippen LogP contribution in [0.4, 0.5) is 0 Å². The minimum absolute atomic E-state index is 0.135. The van der Waals surface area contributed by atoms with Gasteiger partial charge in [0.25, 0.3) is 0 Å². The van der Waals surface area contributed by atoms with Crippen LogP contribution in [-0.4, -0.2) is 5.97 Å². The van der Waals surface area contributed by atoms with E-state index in [0.717, 1.165) is 12.0 Å². The monoisotopic (exact) mass is 147 g/mol. The number of ether oxygens (including phenoxy) is 1. The smallest absolute Gasteiger partial charge is 0.311 e. The molecule has 0 saturated carbocycles. The number of hydrogen-bond acceptors (Lipinski definition) is 2. The second-order valence-corrected chi connectivity index (χ2v) is 2.51. The normalized spacial score (nSPS) is 15.5. The fourth-order valence-corrected chi connectivity index (χ4v) is 1.16. The van der Waals surface area contributed by atoms with Crippen LogP contribution in [0.1, 0.15) is 12.0 Å². The third-order valence-corrected chi connectivity index (χ3v) is 1.73. The fourth-order valence-electron chi connectivity index (χ4n) is 1.16. The number of benzene rings is 1. The molecule has 0 atom stereocenters. The molecule has 0 fully saturated rings. The zero-order valence-electron chi connectivity index (χ0n) is 5.96. The Kier molecular flexibility index (Phi) is 1.39. The number of carbonyl (C=O) groups excluding carboxylic acids is 1. The fraction of sp³-hybridized carbons (Fsp3) is 0.222. The summed E-state index contributed by atoms with van der Waals surface area (Å²) in [4.78, 5) is 10.8. The number of carbonyl (C=O) groups is 1. The lowest BCUT2D eigenvalue weighted by Gasteiger charge is -2.13. The van der Waals surface area contributed by atoms with Crippen molar-refractivity contribution >= 4 is 5.97 Å². The Hall–Kier alpha value is -1.31. The quantitative estimate of drug-likeness (QED) is 0.409. The third-order valence-electron chi connectivity index (χ3n) is 1.73.